The number of hydrogen-bond acceptors (Lipinski definition) is 3. The van der Waals surface area contributed by atoms with Crippen LogP contribution in [0.4, 0.5) is 11.4 Å². The van der Waals surface area contributed by atoms with Gasteiger partial charge in [0, 0.05) is 23.1 Å². The van der Waals surface area contributed by atoms with Crippen molar-refractivity contribution in [3.8, 4) is 0 Å². The number of halogens is 1. The predicted molar refractivity (Wildman–Crippen MR) is 72.8 cm³/mol. The highest BCUT2D eigenvalue weighted by Crippen LogP contribution is 2.16. The fourth-order valence-electron chi connectivity index (χ4n) is 1.56. The van der Waals surface area contributed by atoms with E-state index in [1.54, 1.807) is 24.3 Å². The van der Waals surface area contributed by atoms with Crippen molar-refractivity contribution >= 4 is 28.9 Å². The number of nitrogens with zero attached hydrogens (tertiary/aromatic N) is 1. The molecule has 0 spiro atoms. The number of benzene rings is 1. The van der Waals surface area contributed by atoms with Crippen LogP contribution in [-0.2, 0) is 0 Å². The molecule has 0 fully saturated rings. The van der Waals surface area contributed by atoms with E-state index in [9.17, 15) is 4.79 Å². The summed E-state index contributed by atoms with van der Waals surface area (Å²) >= 11 is 5.75. The number of anilines is 2. The Morgan fingerprint density at radius 1 is 1.33 bits per heavy atom. The molecule has 0 atom stereocenters. The van der Waals surface area contributed by atoms with Gasteiger partial charge in [-0.25, -0.2) is 4.98 Å². The zero-order valence-electron chi connectivity index (χ0n) is 9.77. The maximum absolute atomic E-state index is 12.1. The van der Waals surface area contributed by atoms with Crippen LogP contribution in [-0.4, -0.2) is 10.9 Å². The molecular weight excluding hydrogens is 250 g/mol. The van der Waals surface area contributed by atoms with Crippen molar-refractivity contribution in [3.05, 3.63) is 52.8 Å². The molecule has 1 heterocycles. The van der Waals surface area contributed by atoms with E-state index in [1.165, 1.54) is 6.20 Å². The molecule has 2 rings (SSSR count). The van der Waals surface area contributed by atoms with E-state index in [2.05, 4.69) is 10.3 Å². The molecule has 92 valence electrons. The number of nitrogen functional groups attached to an aromatic ring is 1. The fourth-order valence-corrected chi connectivity index (χ4v) is 1.74. The smallest absolute Gasteiger partial charge is 0.256 e. The fraction of sp³-hybridized carbons (Fsp3) is 0.0769. The van der Waals surface area contributed by atoms with Crippen LogP contribution >= 0.6 is 11.6 Å². The lowest BCUT2D eigenvalue weighted by Crippen LogP contribution is -2.13. The van der Waals surface area contributed by atoms with Gasteiger partial charge in [0.1, 0.15) is 5.15 Å². The second-order valence-electron chi connectivity index (χ2n) is 3.90. The molecule has 0 aliphatic rings. The van der Waals surface area contributed by atoms with Gasteiger partial charge in [-0.2, -0.15) is 0 Å². The summed E-state index contributed by atoms with van der Waals surface area (Å²) in [7, 11) is 0. The number of carbonyl (C=O) groups excluding carboxylic acids is 1. The van der Waals surface area contributed by atoms with Crippen LogP contribution < -0.4 is 11.1 Å². The van der Waals surface area contributed by atoms with Gasteiger partial charge < -0.3 is 11.1 Å². The molecule has 5 heteroatoms. The lowest BCUT2D eigenvalue weighted by Gasteiger charge is -2.08. The molecule has 0 aliphatic carbocycles. The van der Waals surface area contributed by atoms with Crippen molar-refractivity contribution < 1.29 is 4.79 Å². The van der Waals surface area contributed by atoms with Crippen molar-refractivity contribution in [2.24, 2.45) is 0 Å². The summed E-state index contributed by atoms with van der Waals surface area (Å²) in [5.74, 6) is -0.220. The summed E-state index contributed by atoms with van der Waals surface area (Å²) in [5.41, 5.74) is 8.23. The van der Waals surface area contributed by atoms with Crippen LogP contribution in [0.3, 0.4) is 0 Å². The van der Waals surface area contributed by atoms with E-state index in [0.29, 0.717) is 22.1 Å². The van der Waals surface area contributed by atoms with Crippen molar-refractivity contribution in [2.75, 3.05) is 11.1 Å². The van der Waals surface area contributed by atoms with Crippen LogP contribution in [0.5, 0.6) is 0 Å². The predicted octanol–water partition coefficient (Wildman–Crippen LogP) is 2.88. The van der Waals surface area contributed by atoms with E-state index >= 15 is 0 Å². The molecule has 0 aliphatic heterocycles. The van der Waals surface area contributed by atoms with E-state index < -0.39 is 0 Å². The third-order valence-corrected chi connectivity index (χ3v) is 2.70. The van der Waals surface area contributed by atoms with Crippen molar-refractivity contribution in [2.45, 2.75) is 6.92 Å². The number of hydrogen-bond donors (Lipinski definition) is 2. The summed E-state index contributed by atoms with van der Waals surface area (Å²) in [5, 5.41) is 3.08. The van der Waals surface area contributed by atoms with Crippen LogP contribution in [0.2, 0.25) is 5.15 Å². The van der Waals surface area contributed by atoms with Gasteiger partial charge in [0.05, 0.1) is 0 Å². The summed E-state index contributed by atoms with van der Waals surface area (Å²) < 4.78 is 0. The highest BCUT2D eigenvalue weighted by Gasteiger charge is 2.09. The number of rotatable bonds is 2. The Bertz CT molecular complexity index is 599. The first kappa shape index (κ1) is 12.4. The normalized spacial score (nSPS) is 10.1. The minimum atomic E-state index is -0.220. The largest absolute Gasteiger partial charge is 0.399 e. The van der Waals surface area contributed by atoms with Gasteiger partial charge in [0.25, 0.3) is 5.91 Å². The zero-order chi connectivity index (χ0) is 13.1. The first-order chi connectivity index (χ1) is 8.56. The summed E-state index contributed by atoms with van der Waals surface area (Å²) in [4.78, 5) is 15.9. The van der Waals surface area contributed by atoms with Gasteiger partial charge in [-0.05, 0) is 36.8 Å². The topological polar surface area (TPSA) is 68.0 Å². The number of carbonyl (C=O) groups is 1. The van der Waals surface area contributed by atoms with E-state index in [-0.39, 0.29) is 5.91 Å². The molecule has 4 nitrogen and oxygen atoms in total. The molecular formula is C13H12ClN3O. The standard InChI is InChI=1S/C13H12ClN3O/c1-8-2-3-9(15)6-11(8)13(18)17-10-4-5-16-12(14)7-10/h2-7H,15H2,1H3,(H,16,17,18). The third-order valence-electron chi connectivity index (χ3n) is 2.49. The molecule has 0 bridgehead atoms. The monoisotopic (exact) mass is 261 g/mol. The number of amides is 1. The third kappa shape index (κ3) is 2.78. The summed E-state index contributed by atoms with van der Waals surface area (Å²) in [6, 6.07) is 8.47. The summed E-state index contributed by atoms with van der Waals surface area (Å²) in [6.45, 7) is 1.86. The highest BCUT2D eigenvalue weighted by atomic mass is 35.5. The molecule has 0 saturated carbocycles. The van der Waals surface area contributed by atoms with Crippen LogP contribution in [0.1, 0.15) is 15.9 Å². The minimum absolute atomic E-state index is 0.220. The molecule has 0 unspecified atom stereocenters. The Labute approximate surface area is 110 Å². The van der Waals surface area contributed by atoms with E-state index in [1.807, 2.05) is 13.0 Å². The average molecular weight is 262 g/mol. The van der Waals surface area contributed by atoms with Crippen LogP contribution in [0.25, 0.3) is 0 Å². The molecule has 3 N–H and O–H groups in total. The van der Waals surface area contributed by atoms with Crippen molar-refractivity contribution in [1.29, 1.82) is 0 Å². The van der Waals surface area contributed by atoms with Crippen LogP contribution in [0, 0.1) is 6.92 Å². The maximum Gasteiger partial charge on any atom is 0.256 e. The Morgan fingerprint density at radius 2 is 2.11 bits per heavy atom. The Hall–Kier alpha value is -2.07. The number of aryl methyl sites for hydroxylation is 1. The Kier molecular flexibility index (Phi) is 3.48. The lowest BCUT2D eigenvalue weighted by molar-refractivity contribution is 0.102. The van der Waals surface area contributed by atoms with Gasteiger partial charge in [-0.3, -0.25) is 4.79 Å². The van der Waals surface area contributed by atoms with Gasteiger partial charge in [-0.15, -0.1) is 0 Å². The molecule has 1 aromatic carbocycles. The van der Waals surface area contributed by atoms with Gasteiger partial charge in [0.15, 0.2) is 0 Å². The van der Waals surface area contributed by atoms with E-state index in [4.69, 9.17) is 17.3 Å². The Balaban J connectivity index is 2.24. The van der Waals surface area contributed by atoms with Crippen molar-refractivity contribution in [3.63, 3.8) is 0 Å². The molecule has 1 aromatic heterocycles. The number of nitrogens with one attached hydrogen (secondary N) is 1. The number of pyridine rings is 1. The van der Waals surface area contributed by atoms with Gasteiger partial charge in [-0.1, -0.05) is 17.7 Å². The van der Waals surface area contributed by atoms with Gasteiger partial charge in [0.2, 0.25) is 0 Å². The molecule has 2 aromatic rings. The zero-order valence-corrected chi connectivity index (χ0v) is 10.5. The first-order valence-electron chi connectivity index (χ1n) is 5.35. The number of aromatic nitrogens is 1. The number of nitrogens with two attached hydrogens (primary N) is 1. The molecule has 1 amide bonds. The molecule has 18 heavy (non-hydrogen) atoms. The quantitative estimate of drug-likeness (QED) is 0.645. The maximum atomic E-state index is 12.1. The van der Waals surface area contributed by atoms with E-state index in [0.717, 1.165) is 5.56 Å². The van der Waals surface area contributed by atoms with Crippen LogP contribution in [0.15, 0.2) is 36.5 Å². The van der Waals surface area contributed by atoms with Gasteiger partial charge >= 0.3 is 0 Å². The molecule has 0 saturated heterocycles. The second kappa shape index (κ2) is 5.06. The first-order valence-corrected chi connectivity index (χ1v) is 5.73. The lowest BCUT2D eigenvalue weighted by atomic mass is 10.1. The second-order valence-corrected chi connectivity index (χ2v) is 4.28. The molecule has 0 radical (unpaired) electrons. The Morgan fingerprint density at radius 3 is 2.83 bits per heavy atom. The SMILES string of the molecule is Cc1ccc(N)cc1C(=O)Nc1ccnc(Cl)c1. The minimum Gasteiger partial charge on any atom is -0.399 e. The van der Waals surface area contributed by atoms with Crippen molar-refractivity contribution in [1.82, 2.24) is 4.98 Å². The highest BCUT2D eigenvalue weighted by molar-refractivity contribution is 6.29. The summed E-state index contributed by atoms with van der Waals surface area (Å²) in [6.07, 6.45) is 1.53. The average Bonchev–Trinajstić information content (AvgIpc) is 2.32.